The Morgan fingerprint density at radius 1 is 1.16 bits per heavy atom. The van der Waals surface area contributed by atoms with Crippen molar-refractivity contribution in [3.8, 4) is 23.3 Å². The Morgan fingerprint density at radius 2 is 1.81 bits per heavy atom. The van der Waals surface area contributed by atoms with E-state index in [0.717, 1.165) is 5.56 Å². The molecule has 0 unspecified atom stereocenters. The molecule has 3 N–H and O–H groups in total. The fourth-order valence-corrected chi connectivity index (χ4v) is 3.63. The third-order valence-electron chi connectivity index (χ3n) is 5.11. The van der Waals surface area contributed by atoms with E-state index in [1.54, 1.807) is 11.0 Å². The molecule has 9 heteroatoms. The maximum Gasteiger partial charge on any atom is 0.410 e. The van der Waals surface area contributed by atoms with Gasteiger partial charge in [0.05, 0.1) is 0 Å². The van der Waals surface area contributed by atoms with Gasteiger partial charge in [-0.25, -0.2) is 4.79 Å². The fourth-order valence-electron chi connectivity index (χ4n) is 3.63. The number of piperazine rings is 1. The first kappa shape index (κ1) is 22.9. The number of anilines is 1. The Morgan fingerprint density at radius 3 is 2.41 bits per heavy atom. The van der Waals surface area contributed by atoms with Crippen LogP contribution in [0.25, 0.3) is 11.1 Å². The van der Waals surface area contributed by atoms with Crippen molar-refractivity contribution in [2.45, 2.75) is 32.9 Å². The largest absolute Gasteiger partial charge is 0.444 e. The van der Waals surface area contributed by atoms with Gasteiger partial charge in [-0.15, -0.1) is 0 Å². The number of nitrogens with zero attached hydrogens (tertiary/aromatic N) is 4. The molecule has 2 heterocycles. The molecule has 0 aliphatic carbocycles. The molecular formula is C23H26N6O3. The maximum atomic E-state index is 12.3. The van der Waals surface area contributed by atoms with E-state index in [0.29, 0.717) is 38.3 Å². The topological polar surface area (TPSA) is 139 Å². The van der Waals surface area contributed by atoms with Crippen LogP contribution in [0.3, 0.4) is 0 Å². The van der Waals surface area contributed by atoms with E-state index in [2.05, 4.69) is 9.88 Å². The number of nitriles is 2. The van der Waals surface area contributed by atoms with E-state index in [1.165, 1.54) is 0 Å². The molecule has 0 saturated carbocycles. The number of pyridine rings is 1. The van der Waals surface area contributed by atoms with E-state index < -0.39 is 11.2 Å². The number of hydrogen-bond acceptors (Lipinski definition) is 7. The van der Waals surface area contributed by atoms with E-state index in [1.807, 2.05) is 51.1 Å². The summed E-state index contributed by atoms with van der Waals surface area (Å²) in [5.41, 5.74) is 6.39. The van der Waals surface area contributed by atoms with E-state index in [9.17, 15) is 20.1 Å². The van der Waals surface area contributed by atoms with Crippen molar-refractivity contribution >= 4 is 11.9 Å². The molecule has 166 valence electrons. The van der Waals surface area contributed by atoms with Crippen LogP contribution in [0, 0.1) is 22.7 Å². The van der Waals surface area contributed by atoms with Crippen LogP contribution in [0.5, 0.6) is 0 Å². The van der Waals surface area contributed by atoms with Gasteiger partial charge in [0.15, 0.2) is 0 Å². The van der Waals surface area contributed by atoms with Gasteiger partial charge >= 0.3 is 6.09 Å². The van der Waals surface area contributed by atoms with E-state index >= 15 is 0 Å². The molecule has 3 rings (SSSR count). The van der Waals surface area contributed by atoms with Crippen LogP contribution in [0.15, 0.2) is 29.1 Å². The summed E-state index contributed by atoms with van der Waals surface area (Å²) in [5, 5.41) is 19.0. The van der Waals surface area contributed by atoms with Gasteiger partial charge < -0.3 is 20.4 Å². The number of aromatic amines is 1. The molecule has 1 fully saturated rings. The van der Waals surface area contributed by atoms with Crippen molar-refractivity contribution in [1.82, 2.24) is 14.8 Å². The first-order chi connectivity index (χ1) is 15.1. The van der Waals surface area contributed by atoms with Gasteiger partial charge in [-0.1, -0.05) is 18.2 Å². The molecule has 0 atom stereocenters. The molecule has 1 saturated heterocycles. The second-order valence-corrected chi connectivity index (χ2v) is 8.66. The minimum absolute atomic E-state index is 0.0600. The van der Waals surface area contributed by atoms with Gasteiger partial charge in [0, 0.05) is 38.3 Å². The number of carbonyl (C=O) groups excluding carboxylic acids is 1. The summed E-state index contributed by atoms with van der Waals surface area (Å²) in [4.78, 5) is 30.7. The maximum absolute atomic E-state index is 12.3. The Balaban J connectivity index is 1.77. The predicted octanol–water partition coefficient (Wildman–Crippen LogP) is 2.42. The van der Waals surface area contributed by atoms with Gasteiger partial charge in [-0.05, 0) is 38.0 Å². The van der Waals surface area contributed by atoms with Gasteiger partial charge in [-0.2, -0.15) is 10.5 Å². The number of H-pyrrole nitrogens is 1. The SMILES string of the molecule is CC(C)(C)OC(=O)N1CCN(Cc2cccc(-c3c(C#N)c(N)[nH]c(=O)c3C#N)c2)CC1. The molecule has 9 nitrogen and oxygen atoms in total. The van der Waals surface area contributed by atoms with Crippen molar-refractivity contribution in [1.29, 1.82) is 10.5 Å². The monoisotopic (exact) mass is 434 g/mol. The fraction of sp³-hybridized carbons (Fsp3) is 0.391. The highest BCUT2D eigenvalue weighted by atomic mass is 16.6. The lowest BCUT2D eigenvalue weighted by Crippen LogP contribution is -2.49. The molecule has 0 bridgehead atoms. The normalized spacial score (nSPS) is 14.5. The molecule has 1 aromatic carbocycles. The van der Waals surface area contributed by atoms with Crippen LogP contribution in [0.1, 0.15) is 37.5 Å². The van der Waals surface area contributed by atoms with Gasteiger partial charge in [-0.3, -0.25) is 9.69 Å². The van der Waals surface area contributed by atoms with Crippen LogP contribution >= 0.6 is 0 Å². The van der Waals surface area contributed by atoms with Crippen molar-refractivity contribution < 1.29 is 9.53 Å². The summed E-state index contributed by atoms with van der Waals surface area (Å²) in [6, 6.07) is 11.2. The minimum Gasteiger partial charge on any atom is -0.444 e. The van der Waals surface area contributed by atoms with Crippen LogP contribution in [-0.2, 0) is 11.3 Å². The zero-order chi connectivity index (χ0) is 23.5. The van der Waals surface area contributed by atoms with Crippen LogP contribution in [0.4, 0.5) is 10.6 Å². The highest BCUT2D eigenvalue weighted by molar-refractivity contribution is 5.80. The zero-order valence-corrected chi connectivity index (χ0v) is 18.4. The molecule has 2 aromatic rings. The average molecular weight is 435 g/mol. The predicted molar refractivity (Wildman–Crippen MR) is 119 cm³/mol. The van der Waals surface area contributed by atoms with Gasteiger partial charge in [0.1, 0.15) is 34.7 Å². The van der Waals surface area contributed by atoms with E-state index in [-0.39, 0.29) is 28.6 Å². The number of nitrogen functional groups attached to an aromatic ring is 1. The number of rotatable bonds is 3. The summed E-state index contributed by atoms with van der Waals surface area (Å²) in [7, 11) is 0. The highest BCUT2D eigenvalue weighted by Crippen LogP contribution is 2.29. The summed E-state index contributed by atoms with van der Waals surface area (Å²) in [6.45, 7) is 8.67. The lowest BCUT2D eigenvalue weighted by molar-refractivity contribution is 0.0139. The third kappa shape index (κ3) is 5.08. The van der Waals surface area contributed by atoms with Gasteiger partial charge in [0.2, 0.25) is 0 Å². The standard InChI is InChI=1S/C23H26N6O3/c1-23(2,3)32-22(31)29-9-7-28(8-10-29)14-15-5-4-6-16(11-15)19-17(12-24)20(26)27-21(30)18(19)13-25/h4-6,11H,7-10,14H2,1-3H3,(H3,26,27,30). The number of amides is 1. The Labute approximate surface area is 186 Å². The van der Waals surface area contributed by atoms with E-state index in [4.69, 9.17) is 10.5 Å². The molecule has 32 heavy (non-hydrogen) atoms. The molecule has 0 spiro atoms. The number of benzene rings is 1. The second kappa shape index (κ2) is 9.13. The molecule has 1 aliphatic rings. The average Bonchev–Trinajstić information content (AvgIpc) is 2.73. The smallest absolute Gasteiger partial charge is 0.410 e. The lowest BCUT2D eigenvalue weighted by atomic mass is 9.95. The Kier molecular flexibility index (Phi) is 6.52. The number of nitrogens with two attached hydrogens (primary N) is 1. The molecule has 0 radical (unpaired) electrons. The number of carbonyl (C=O) groups is 1. The number of hydrogen-bond donors (Lipinski definition) is 2. The van der Waals surface area contributed by atoms with Crippen molar-refractivity contribution in [3.63, 3.8) is 0 Å². The van der Waals surface area contributed by atoms with Crippen molar-refractivity contribution in [2.24, 2.45) is 0 Å². The lowest BCUT2D eigenvalue weighted by Gasteiger charge is -2.35. The second-order valence-electron chi connectivity index (χ2n) is 8.66. The molecule has 1 aromatic heterocycles. The summed E-state index contributed by atoms with van der Waals surface area (Å²) >= 11 is 0. The minimum atomic E-state index is -0.623. The molecule has 1 amide bonds. The number of ether oxygens (including phenoxy) is 1. The number of aromatic nitrogens is 1. The van der Waals surface area contributed by atoms with Crippen LogP contribution in [-0.4, -0.2) is 52.7 Å². The van der Waals surface area contributed by atoms with Crippen LogP contribution < -0.4 is 11.3 Å². The quantitative estimate of drug-likeness (QED) is 0.756. The first-order valence-electron chi connectivity index (χ1n) is 10.3. The highest BCUT2D eigenvalue weighted by Gasteiger charge is 2.26. The Hall–Kier alpha value is -3.82. The summed E-state index contributed by atoms with van der Waals surface area (Å²) in [6.07, 6.45) is -0.306. The number of nitrogens with one attached hydrogen (secondary N) is 1. The Bertz CT molecular complexity index is 1160. The summed E-state index contributed by atoms with van der Waals surface area (Å²) in [5.74, 6) is -0.0600. The van der Waals surface area contributed by atoms with Gasteiger partial charge in [0.25, 0.3) is 5.56 Å². The zero-order valence-electron chi connectivity index (χ0n) is 18.4. The van der Waals surface area contributed by atoms with Crippen molar-refractivity contribution in [2.75, 3.05) is 31.9 Å². The third-order valence-corrected chi connectivity index (χ3v) is 5.11. The first-order valence-corrected chi connectivity index (χ1v) is 10.3. The molecular weight excluding hydrogens is 408 g/mol. The summed E-state index contributed by atoms with van der Waals surface area (Å²) < 4.78 is 5.44. The van der Waals surface area contributed by atoms with Crippen molar-refractivity contribution in [3.05, 3.63) is 51.3 Å². The van der Waals surface area contributed by atoms with Crippen LogP contribution in [0.2, 0.25) is 0 Å². The molecule has 1 aliphatic heterocycles.